The summed E-state index contributed by atoms with van der Waals surface area (Å²) in [6, 6.07) is 0. The molecule has 2 rings (SSSR count). The van der Waals surface area contributed by atoms with Gasteiger partial charge in [-0.2, -0.15) is 0 Å². The minimum absolute atomic E-state index is 0.00631. The van der Waals surface area contributed by atoms with Gasteiger partial charge in [0.25, 0.3) is 0 Å². The standard InChI is InChI=1S/C16H26O5/c1-6-16(5,9-15(2,3)4)14(18)21-12-11-10(7-8-19-11)20-13(12)17/h10-12H,6-9H2,1-5H3. The number of fused-ring (bicyclic) bond motifs is 1. The summed E-state index contributed by atoms with van der Waals surface area (Å²) >= 11 is 0. The van der Waals surface area contributed by atoms with Crippen molar-refractivity contribution in [3.05, 3.63) is 0 Å². The predicted octanol–water partition coefficient (Wildman–Crippen LogP) is 2.47. The zero-order chi connectivity index (χ0) is 15.8. The monoisotopic (exact) mass is 298 g/mol. The first-order chi connectivity index (χ1) is 9.66. The van der Waals surface area contributed by atoms with E-state index in [2.05, 4.69) is 20.8 Å². The molecule has 0 aliphatic carbocycles. The van der Waals surface area contributed by atoms with Crippen LogP contribution in [0.1, 0.15) is 53.9 Å². The van der Waals surface area contributed by atoms with E-state index in [1.165, 1.54) is 0 Å². The van der Waals surface area contributed by atoms with Crippen LogP contribution in [0.4, 0.5) is 0 Å². The van der Waals surface area contributed by atoms with Crippen molar-refractivity contribution in [2.75, 3.05) is 6.61 Å². The van der Waals surface area contributed by atoms with Crippen molar-refractivity contribution in [1.29, 1.82) is 0 Å². The van der Waals surface area contributed by atoms with Crippen molar-refractivity contribution in [1.82, 2.24) is 0 Å². The predicted molar refractivity (Wildman–Crippen MR) is 76.6 cm³/mol. The lowest BCUT2D eigenvalue weighted by molar-refractivity contribution is -0.173. The Morgan fingerprint density at radius 3 is 2.57 bits per heavy atom. The summed E-state index contributed by atoms with van der Waals surface area (Å²) in [5, 5.41) is 0. The summed E-state index contributed by atoms with van der Waals surface area (Å²) < 4.78 is 16.2. The molecule has 2 heterocycles. The molecule has 0 saturated carbocycles. The van der Waals surface area contributed by atoms with Crippen molar-refractivity contribution in [3.63, 3.8) is 0 Å². The second kappa shape index (κ2) is 5.59. The highest BCUT2D eigenvalue weighted by molar-refractivity contribution is 5.84. The quantitative estimate of drug-likeness (QED) is 0.746. The van der Waals surface area contributed by atoms with Crippen LogP contribution in [0.2, 0.25) is 0 Å². The Hall–Kier alpha value is -1.10. The molecule has 21 heavy (non-hydrogen) atoms. The van der Waals surface area contributed by atoms with Gasteiger partial charge in [0.05, 0.1) is 12.0 Å². The molecule has 0 spiro atoms. The zero-order valence-electron chi connectivity index (χ0n) is 13.6. The van der Waals surface area contributed by atoms with Gasteiger partial charge in [-0.3, -0.25) is 4.79 Å². The Bertz CT molecular complexity index is 425. The van der Waals surface area contributed by atoms with Crippen LogP contribution in [-0.2, 0) is 23.8 Å². The van der Waals surface area contributed by atoms with Crippen LogP contribution in [0.25, 0.3) is 0 Å². The Morgan fingerprint density at radius 1 is 1.33 bits per heavy atom. The number of ether oxygens (including phenoxy) is 3. The van der Waals surface area contributed by atoms with E-state index in [0.717, 1.165) is 0 Å². The highest BCUT2D eigenvalue weighted by atomic mass is 16.7. The van der Waals surface area contributed by atoms with E-state index in [9.17, 15) is 9.59 Å². The molecular formula is C16H26O5. The molecule has 4 unspecified atom stereocenters. The van der Waals surface area contributed by atoms with Crippen LogP contribution in [0.15, 0.2) is 0 Å². The molecule has 0 aromatic heterocycles. The lowest BCUT2D eigenvalue weighted by Gasteiger charge is -2.33. The van der Waals surface area contributed by atoms with Gasteiger partial charge in [-0.15, -0.1) is 0 Å². The van der Waals surface area contributed by atoms with E-state index in [-0.39, 0.29) is 17.5 Å². The fourth-order valence-electron chi connectivity index (χ4n) is 3.24. The number of rotatable bonds is 4. The zero-order valence-corrected chi connectivity index (χ0v) is 13.6. The van der Waals surface area contributed by atoms with Crippen molar-refractivity contribution < 1.29 is 23.8 Å². The van der Waals surface area contributed by atoms with Crippen LogP contribution < -0.4 is 0 Å². The van der Waals surface area contributed by atoms with Crippen LogP contribution in [0.3, 0.4) is 0 Å². The third-order valence-corrected chi connectivity index (χ3v) is 4.30. The third kappa shape index (κ3) is 3.39. The molecule has 2 aliphatic heterocycles. The molecule has 2 aliphatic rings. The average molecular weight is 298 g/mol. The van der Waals surface area contributed by atoms with Gasteiger partial charge in [0.15, 0.2) is 0 Å². The second-order valence-corrected chi connectivity index (χ2v) is 7.58. The molecular weight excluding hydrogens is 272 g/mol. The summed E-state index contributed by atoms with van der Waals surface area (Å²) in [6.07, 6.45) is 0.447. The maximum Gasteiger partial charge on any atom is 0.350 e. The molecule has 0 aromatic rings. The van der Waals surface area contributed by atoms with Crippen LogP contribution in [0.5, 0.6) is 0 Å². The van der Waals surface area contributed by atoms with Crippen molar-refractivity contribution in [3.8, 4) is 0 Å². The third-order valence-electron chi connectivity index (χ3n) is 4.30. The summed E-state index contributed by atoms with van der Waals surface area (Å²) in [7, 11) is 0. The second-order valence-electron chi connectivity index (χ2n) is 7.58. The maximum absolute atomic E-state index is 12.6. The van der Waals surface area contributed by atoms with E-state index in [0.29, 0.717) is 25.9 Å². The Balaban J connectivity index is 2.07. The van der Waals surface area contributed by atoms with Crippen molar-refractivity contribution >= 4 is 11.9 Å². The van der Waals surface area contributed by atoms with Gasteiger partial charge in [0, 0.05) is 6.42 Å². The van der Waals surface area contributed by atoms with Crippen LogP contribution in [0, 0.1) is 10.8 Å². The van der Waals surface area contributed by atoms with Crippen molar-refractivity contribution in [2.45, 2.75) is 72.2 Å². The maximum atomic E-state index is 12.6. The summed E-state index contributed by atoms with van der Waals surface area (Å²) in [5.74, 6) is -0.815. The van der Waals surface area contributed by atoms with Crippen LogP contribution in [-0.4, -0.2) is 36.9 Å². The molecule has 4 atom stereocenters. The van der Waals surface area contributed by atoms with E-state index >= 15 is 0 Å². The number of hydrogen-bond acceptors (Lipinski definition) is 5. The van der Waals surface area contributed by atoms with Gasteiger partial charge < -0.3 is 14.2 Å². The highest BCUT2D eigenvalue weighted by Gasteiger charge is 2.52. The smallest absolute Gasteiger partial charge is 0.350 e. The molecule has 0 bridgehead atoms. The molecule has 2 fully saturated rings. The fraction of sp³-hybridized carbons (Fsp3) is 0.875. The number of esters is 2. The highest BCUT2D eigenvalue weighted by Crippen LogP contribution is 2.39. The topological polar surface area (TPSA) is 61.8 Å². The lowest BCUT2D eigenvalue weighted by Crippen LogP contribution is -2.41. The molecule has 5 heteroatoms. The van der Waals surface area contributed by atoms with Gasteiger partial charge in [-0.05, 0) is 25.2 Å². The Morgan fingerprint density at radius 2 is 2.00 bits per heavy atom. The number of hydrogen-bond donors (Lipinski definition) is 0. The van der Waals surface area contributed by atoms with E-state index < -0.39 is 23.6 Å². The van der Waals surface area contributed by atoms with Crippen molar-refractivity contribution in [2.24, 2.45) is 10.8 Å². The average Bonchev–Trinajstić information content (AvgIpc) is 2.90. The Labute approximate surface area is 126 Å². The number of carbonyl (C=O) groups excluding carboxylic acids is 2. The first-order valence-corrected chi connectivity index (χ1v) is 7.69. The molecule has 5 nitrogen and oxygen atoms in total. The van der Waals surface area contributed by atoms with E-state index in [1.807, 2.05) is 13.8 Å². The minimum atomic E-state index is -0.907. The summed E-state index contributed by atoms with van der Waals surface area (Å²) in [6.45, 7) is 10.7. The normalized spacial score (nSPS) is 31.5. The van der Waals surface area contributed by atoms with Gasteiger partial charge in [0.1, 0.15) is 12.2 Å². The Kier molecular flexibility index (Phi) is 4.34. The summed E-state index contributed by atoms with van der Waals surface area (Å²) in [4.78, 5) is 24.4. The minimum Gasteiger partial charge on any atom is -0.457 e. The van der Waals surface area contributed by atoms with Crippen LogP contribution >= 0.6 is 0 Å². The molecule has 0 aromatic carbocycles. The van der Waals surface area contributed by atoms with E-state index in [4.69, 9.17) is 14.2 Å². The molecule has 0 N–H and O–H groups in total. The molecule has 0 radical (unpaired) electrons. The first-order valence-electron chi connectivity index (χ1n) is 7.69. The van der Waals surface area contributed by atoms with Gasteiger partial charge in [-0.1, -0.05) is 27.7 Å². The van der Waals surface area contributed by atoms with Gasteiger partial charge >= 0.3 is 11.9 Å². The van der Waals surface area contributed by atoms with Gasteiger partial charge in [-0.25, -0.2) is 4.79 Å². The molecule has 0 amide bonds. The summed E-state index contributed by atoms with van der Waals surface area (Å²) in [5.41, 5.74) is -0.596. The largest absolute Gasteiger partial charge is 0.457 e. The SMILES string of the molecule is CCC(C)(CC(C)(C)C)C(=O)OC1C(=O)OC2CCOC21. The lowest BCUT2D eigenvalue weighted by atomic mass is 9.73. The molecule has 120 valence electrons. The first kappa shape index (κ1) is 16.3. The number of carbonyl (C=O) groups is 2. The fourth-order valence-corrected chi connectivity index (χ4v) is 3.24. The molecule has 2 saturated heterocycles. The van der Waals surface area contributed by atoms with E-state index in [1.54, 1.807) is 0 Å². The van der Waals surface area contributed by atoms with Gasteiger partial charge in [0.2, 0.25) is 6.10 Å².